The zero-order valence-corrected chi connectivity index (χ0v) is 15.3. The number of rotatable bonds is 6. The smallest absolute Gasteiger partial charge is 0.261 e. The van der Waals surface area contributed by atoms with Crippen molar-refractivity contribution in [3.63, 3.8) is 0 Å². The topological polar surface area (TPSA) is 55.8 Å². The molecule has 0 bridgehead atoms. The molecule has 2 amide bonds. The maximum Gasteiger partial charge on any atom is 0.261 e. The van der Waals surface area contributed by atoms with E-state index in [9.17, 15) is 9.59 Å². The number of carbonyl (C=O) groups is 2. The standard InChI is InChI=1S/C17H19Cl2NO4/c1-4-23-5-6-24-15-9-14(12(18)8-13(15)19)20-16(21)7-11(10(2)3)17(20)22/h8-9H,4-7H2,1-3H3. The molecule has 0 N–H and O–H groups in total. The van der Waals surface area contributed by atoms with Gasteiger partial charge in [-0.25, -0.2) is 4.90 Å². The monoisotopic (exact) mass is 371 g/mol. The predicted molar refractivity (Wildman–Crippen MR) is 93.9 cm³/mol. The number of anilines is 1. The Balaban J connectivity index is 2.32. The molecule has 130 valence electrons. The van der Waals surface area contributed by atoms with Crippen molar-refractivity contribution < 1.29 is 19.1 Å². The van der Waals surface area contributed by atoms with Crippen LogP contribution in [-0.4, -0.2) is 31.6 Å². The minimum absolute atomic E-state index is 0.0701. The van der Waals surface area contributed by atoms with Crippen LogP contribution in [0, 0.1) is 0 Å². The highest BCUT2D eigenvalue weighted by molar-refractivity contribution is 6.39. The van der Waals surface area contributed by atoms with E-state index in [2.05, 4.69) is 0 Å². The number of imide groups is 1. The minimum atomic E-state index is -0.357. The van der Waals surface area contributed by atoms with Crippen LogP contribution in [0.25, 0.3) is 0 Å². The van der Waals surface area contributed by atoms with Gasteiger partial charge in [0.05, 0.1) is 28.8 Å². The van der Waals surface area contributed by atoms with Gasteiger partial charge in [0.2, 0.25) is 5.91 Å². The Hall–Kier alpha value is -1.56. The van der Waals surface area contributed by atoms with Crippen LogP contribution in [0.5, 0.6) is 5.75 Å². The number of amides is 2. The summed E-state index contributed by atoms with van der Waals surface area (Å²) in [5.74, 6) is -0.327. The second kappa shape index (κ2) is 8.01. The highest BCUT2D eigenvalue weighted by atomic mass is 35.5. The molecule has 1 aromatic rings. The van der Waals surface area contributed by atoms with Gasteiger partial charge in [-0.15, -0.1) is 0 Å². The lowest BCUT2D eigenvalue weighted by Gasteiger charge is -2.18. The fourth-order valence-electron chi connectivity index (χ4n) is 2.34. The van der Waals surface area contributed by atoms with Gasteiger partial charge in [0, 0.05) is 18.2 Å². The lowest BCUT2D eigenvalue weighted by Crippen LogP contribution is -2.29. The van der Waals surface area contributed by atoms with Crippen LogP contribution in [-0.2, 0) is 14.3 Å². The van der Waals surface area contributed by atoms with Crippen LogP contribution in [0.1, 0.15) is 27.2 Å². The van der Waals surface area contributed by atoms with Gasteiger partial charge in [-0.2, -0.15) is 0 Å². The molecular formula is C17H19Cl2NO4. The Labute approximate surface area is 151 Å². The van der Waals surface area contributed by atoms with Crippen molar-refractivity contribution >= 4 is 40.7 Å². The number of carbonyl (C=O) groups excluding carboxylic acids is 2. The average Bonchev–Trinajstić information content (AvgIpc) is 2.81. The van der Waals surface area contributed by atoms with Gasteiger partial charge >= 0.3 is 0 Å². The molecule has 1 aliphatic heterocycles. The van der Waals surface area contributed by atoms with Crippen molar-refractivity contribution in [3.05, 3.63) is 33.3 Å². The molecule has 1 fully saturated rings. The van der Waals surface area contributed by atoms with Crippen LogP contribution in [0.4, 0.5) is 5.69 Å². The molecule has 0 unspecified atom stereocenters. The summed E-state index contributed by atoms with van der Waals surface area (Å²) in [5, 5.41) is 0.524. The second-order valence-electron chi connectivity index (χ2n) is 5.47. The zero-order valence-electron chi connectivity index (χ0n) is 13.8. The molecule has 7 heteroatoms. The number of allylic oxidation sites excluding steroid dienone is 1. The quantitative estimate of drug-likeness (QED) is 0.430. The molecule has 1 aliphatic rings. The number of halogens is 2. The van der Waals surface area contributed by atoms with Gasteiger partial charge < -0.3 is 9.47 Å². The van der Waals surface area contributed by atoms with Gasteiger partial charge in [0.15, 0.2) is 0 Å². The molecule has 0 aromatic heterocycles. The summed E-state index contributed by atoms with van der Waals surface area (Å²) in [5.41, 5.74) is 1.58. The molecule has 0 aliphatic carbocycles. The molecule has 1 aromatic carbocycles. The minimum Gasteiger partial charge on any atom is -0.490 e. The second-order valence-corrected chi connectivity index (χ2v) is 6.28. The summed E-state index contributed by atoms with van der Waals surface area (Å²) < 4.78 is 10.8. The Bertz CT molecular complexity index is 696. The lowest BCUT2D eigenvalue weighted by atomic mass is 10.1. The van der Waals surface area contributed by atoms with Gasteiger partial charge in [-0.3, -0.25) is 9.59 Å². The number of benzene rings is 1. The number of hydrogen-bond acceptors (Lipinski definition) is 4. The fourth-order valence-corrected chi connectivity index (χ4v) is 2.87. The zero-order chi connectivity index (χ0) is 17.9. The van der Waals surface area contributed by atoms with Gasteiger partial charge in [-0.1, -0.05) is 28.8 Å². The van der Waals surface area contributed by atoms with Gasteiger partial charge in [0.1, 0.15) is 12.4 Å². The highest BCUT2D eigenvalue weighted by Crippen LogP contribution is 2.39. The van der Waals surface area contributed by atoms with E-state index in [1.165, 1.54) is 12.1 Å². The van der Waals surface area contributed by atoms with Crippen LogP contribution in [0.15, 0.2) is 23.3 Å². The first kappa shape index (κ1) is 18.8. The van der Waals surface area contributed by atoms with Crippen molar-refractivity contribution in [1.82, 2.24) is 0 Å². The molecule has 0 spiro atoms. The molecule has 1 saturated heterocycles. The van der Waals surface area contributed by atoms with Crippen molar-refractivity contribution in [2.75, 3.05) is 24.7 Å². The largest absolute Gasteiger partial charge is 0.490 e. The Morgan fingerprint density at radius 2 is 1.88 bits per heavy atom. The molecule has 5 nitrogen and oxygen atoms in total. The summed E-state index contributed by atoms with van der Waals surface area (Å²) in [4.78, 5) is 25.8. The van der Waals surface area contributed by atoms with E-state index in [-0.39, 0.29) is 28.9 Å². The average molecular weight is 372 g/mol. The third-order valence-electron chi connectivity index (χ3n) is 3.57. The van der Waals surface area contributed by atoms with Gasteiger partial charge in [0.25, 0.3) is 5.91 Å². The van der Waals surface area contributed by atoms with Crippen molar-refractivity contribution in [2.45, 2.75) is 27.2 Å². The van der Waals surface area contributed by atoms with Crippen LogP contribution in [0.2, 0.25) is 10.0 Å². The van der Waals surface area contributed by atoms with E-state index < -0.39 is 0 Å². The summed E-state index contributed by atoms with van der Waals surface area (Å²) in [6.45, 7) is 6.79. The first-order valence-corrected chi connectivity index (χ1v) is 8.35. The van der Waals surface area contributed by atoms with E-state index in [1.54, 1.807) is 13.8 Å². The van der Waals surface area contributed by atoms with Gasteiger partial charge in [-0.05, 0) is 26.8 Å². The molecule has 24 heavy (non-hydrogen) atoms. The molecule has 0 radical (unpaired) electrons. The molecule has 1 heterocycles. The Morgan fingerprint density at radius 1 is 1.17 bits per heavy atom. The Kier molecular flexibility index (Phi) is 6.27. The van der Waals surface area contributed by atoms with E-state index in [4.69, 9.17) is 32.7 Å². The van der Waals surface area contributed by atoms with E-state index in [1.807, 2.05) is 6.92 Å². The van der Waals surface area contributed by atoms with E-state index in [0.717, 1.165) is 10.5 Å². The summed E-state index contributed by atoms with van der Waals surface area (Å²) in [6.07, 6.45) is 0.0701. The summed E-state index contributed by atoms with van der Waals surface area (Å²) in [6, 6.07) is 2.98. The maximum atomic E-state index is 12.5. The highest BCUT2D eigenvalue weighted by Gasteiger charge is 2.37. The maximum absolute atomic E-state index is 12.5. The molecule has 0 saturated carbocycles. The van der Waals surface area contributed by atoms with E-state index in [0.29, 0.717) is 36.2 Å². The van der Waals surface area contributed by atoms with Crippen LogP contribution in [0.3, 0.4) is 0 Å². The predicted octanol–water partition coefficient (Wildman–Crippen LogP) is 4.01. The first-order valence-electron chi connectivity index (χ1n) is 7.60. The summed E-state index contributed by atoms with van der Waals surface area (Å²) >= 11 is 12.3. The summed E-state index contributed by atoms with van der Waals surface area (Å²) in [7, 11) is 0. The molecular weight excluding hydrogens is 353 g/mol. The lowest BCUT2D eigenvalue weighted by molar-refractivity contribution is -0.120. The third-order valence-corrected chi connectivity index (χ3v) is 4.17. The first-order chi connectivity index (χ1) is 11.4. The number of hydrogen-bond donors (Lipinski definition) is 0. The van der Waals surface area contributed by atoms with E-state index >= 15 is 0 Å². The van der Waals surface area contributed by atoms with Crippen molar-refractivity contribution in [1.29, 1.82) is 0 Å². The number of nitrogens with zero attached hydrogens (tertiary/aromatic N) is 1. The third kappa shape index (κ3) is 3.91. The van der Waals surface area contributed by atoms with Crippen LogP contribution < -0.4 is 9.64 Å². The molecule has 0 atom stereocenters. The number of ether oxygens (including phenoxy) is 2. The van der Waals surface area contributed by atoms with Crippen LogP contribution >= 0.6 is 23.2 Å². The fraction of sp³-hybridized carbons (Fsp3) is 0.412. The molecule has 2 rings (SSSR count). The normalized spacial score (nSPS) is 14.5. The Morgan fingerprint density at radius 3 is 2.46 bits per heavy atom. The van der Waals surface area contributed by atoms with Crippen molar-refractivity contribution in [2.24, 2.45) is 0 Å². The SMILES string of the molecule is CCOCCOc1cc(N2C(=O)CC(=C(C)C)C2=O)c(Cl)cc1Cl. The van der Waals surface area contributed by atoms with Crippen molar-refractivity contribution in [3.8, 4) is 5.75 Å².